The van der Waals surface area contributed by atoms with Crippen LogP contribution in [-0.4, -0.2) is 21.1 Å². The van der Waals surface area contributed by atoms with Gasteiger partial charge in [-0.1, -0.05) is 60.7 Å². The first-order valence-corrected chi connectivity index (χ1v) is 7.41. The minimum Gasteiger partial charge on any atom is -0.342 e. The molecule has 3 rings (SSSR count). The molecule has 0 atom stereocenters. The molecular weight excluding hydrogens is 308 g/mol. The van der Waals surface area contributed by atoms with Gasteiger partial charge in [-0.25, -0.2) is 0 Å². The molecule has 0 aliphatic carbocycles. The first kappa shape index (κ1) is 14.9. The van der Waals surface area contributed by atoms with Crippen molar-refractivity contribution in [2.24, 2.45) is 0 Å². The van der Waals surface area contributed by atoms with E-state index in [1.807, 2.05) is 60.7 Å². The standard InChI is InChI=1S/C17H14N4OS/c22-16(17(23)18-13-9-5-2-6-10-13)19-15-11-14(20-21-15)12-7-3-1-4-8-12/h1-11H,(H,18,23)(H2,19,20,21,22). The van der Waals surface area contributed by atoms with Crippen molar-refractivity contribution in [3.05, 3.63) is 66.7 Å². The van der Waals surface area contributed by atoms with Crippen molar-refractivity contribution >= 4 is 34.6 Å². The third kappa shape index (κ3) is 3.81. The van der Waals surface area contributed by atoms with Crippen molar-refractivity contribution in [2.75, 3.05) is 10.6 Å². The fourth-order valence-electron chi connectivity index (χ4n) is 2.03. The summed E-state index contributed by atoms with van der Waals surface area (Å²) in [6.07, 6.45) is 0. The van der Waals surface area contributed by atoms with Crippen molar-refractivity contribution < 1.29 is 4.79 Å². The molecule has 0 radical (unpaired) electrons. The zero-order chi connectivity index (χ0) is 16.1. The van der Waals surface area contributed by atoms with E-state index in [2.05, 4.69) is 20.8 Å². The Labute approximate surface area is 138 Å². The van der Waals surface area contributed by atoms with Crippen LogP contribution in [0.15, 0.2) is 66.7 Å². The summed E-state index contributed by atoms with van der Waals surface area (Å²) in [6, 6.07) is 20.8. The molecule has 5 nitrogen and oxygen atoms in total. The number of benzene rings is 2. The Hall–Kier alpha value is -2.99. The van der Waals surface area contributed by atoms with E-state index in [1.54, 1.807) is 6.07 Å². The maximum absolute atomic E-state index is 12.1. The zero-order valence-electron chi connectivity index (χ0n) is 12.1. The summed E-state index contributed by atoms with van der Waals surface area (Å²) >= 11 is 5.10. The van der Waals surface area contributed by atoms with Crippen molar-refractivity contribution in [2.45, 2.75) is 0 Å². The van der Waals surface area contributed by atoms with E-state index in [1.165, 1.54) is 0 Å². The summed E-state index contributed by atoms with van der Waals surface area (Å²) in [4.78, 5) is 12.2. The van der Waals surface area contributed by atoms with Crippen LogP contribution in [0.25, 0.3) is 11.3 Å². The highest BCUT2D eigenvalue weighted by atomic mass is 32.1. The summed E-state index contributed by atoms with van der Waals surface area (Å²) in [5, 5.41) is 12.5. The number of aromatic amines is 1. The number of nitrogens with zero attached hydrogens (tertiary/aromatic N) is 1. The van der Waals surface area contributed by atoms with Crippen LogP contribution in [0, 0.1) is 0 Å². The molecule has 2 aromatic carbocycles. The number of amides is 1. The largest absolute Gasteiger partial charge is 0.342 e. The zero-order valence-corrected chi connectivity index (χ0v) is 12.9. The van der Waals surface area contributed by atoms with Crippen LogP contribution in [0.4, 0.5) is 11.5 Å². The van der Waals surface area contributed by atoms with Crippen molar-refractivity contribution in [1.29, 1.82) is 0 Å². The van der Waals surface area contributed by atoms with Crippen molar-refractivity contribution in [1.82, 2.24) is 10.2 Å². The van der Waals surface area contributed by atoms with E-state index >= 15 is 0 Å². The van der Waals surface area contributed by atoms with Gasteiger partial charge in [-0.05, 0) is 17.7 Å². The lowest BCUT2D eigenvalue weighted by Crippen LogP contribution is -2.27. The normalized spacial score (nSPS) is 10.1. The summed E-state index contributed by atoms with van der Waals surface area (Å²) in [6.45, 7) is 0. The molecule has 0 unspecified atom stereocenters. The average Bonchev–Trinajstić information content (AvgIpc) is 3.05. The number of anilines is 2. The SMILES string of the molecule is O=C(Nc1cc(-c2ccccc2)[nH]n1)C(=S)Nc1ccccc1. The lowest BCUT2D eigenvalue weighted by atomic mass is 10.2. The Kier molecular flexibility index (Phi) is 4.44. The summed E-state index contributed by atoms with van der Waals surface area (Å²) in [5.74, 6) is 0.0148. The number of carbonyl (C=O) groups excluding carboxylic acids is 1. The van der Waals surface area contributed by atoms with Gasteiger partial charge in [0.05, 0.1) is 5.69 Å². The minimum atomic E-state index is -0.407. The van der Waals surface area contributed by atoms with Gasteiger partial charge >= 0.3 is 0 Å². The van der Waals surface area contributed by atoms with Gasteiger partial charge in [-0.2, -0.15) is 5.10 Å². The topological polar surface area (TPSA) is 69.8 Å². The highest BCUT2D eigenvalue weighted by Gasteiger charge is 2.12. The molecule has 0 bridgehead atoms. The monoisotopic (exact) mass is 322 g/mol. The fraction of sp³-hybridized carbons (Fsp3) is 0. The lowest BCUT2D eigenvalue weighted by Gasteiger charge is -2.06. The second-order valence-electron chi connectivity index (χ2n) is 4.81. The molecule has 0 fully saturated rings. The highest BCUT2D eigenvalue weighted by Crippen LogP contribution is 2.19. The molecule has 0 aliphatic rings. The van der Waals surface area contributed by atoms with Gasteiger partial charge in [-0.3, -0.25) is 9.89 Å². The molecule has 3 N–H and O–H groups in total. The van der Waals surface area contributed by atoms with Gasteiger partial charge < -0.3 is 10.6 Å². The summed E-state index contributed by atoms with van der Waals surface area (Å²) in [5.41, 5.74) is 2.58. The van der Waals surface area contributed by atoms with Gasteiger partial charge in [0.25, 0.3) is 5.91 Å². The smallest absolute Gasteiger partial charge is 0.284 e. The van der Waals surface area contributed by atoms with Gasteiger partial charge in [0.2, 0.25) is 0 Å². The molecule has 23 heavy (non-hydrogen) atoms. The summed E-state index contributed by atoms with van der Waals surface area (Å²) < 4.78 is 0. The number of rotatable bonds is 3. The molecule has 6 heteroatoms. The first-order valence-electron chi connectivity index (χ1n) is 7.00. The molecule has 1 aromatic heterocycles. The van der Waals surface area contributed by atoms with E-state index in [9.17, 15) is 4.79 Å². The number of aromatic nitrogens is 2. The summed E-state index contributed by atoms with van der Waals surface area (Å²) in [7, 11) is 0. The van der Waals surface area contributed by atoms with Crippen LogP contribution < -0.4 is 10.6 Å². The number of carbonyl (C=O) groups is 1. The fourth-order valence-corrected chi connectivity index (χ4v) is 2.20. The average molecular weight is 322 g/mol. The van der Waals surface area contributed by atoms with E-state index in [-0.39, 0.29) is 4.99 Å². The van der Waals surface area contributed by atoms with E-state index in [4.69, 9.17) is 12.2 Å². The number of H-pyrrole nitrogens is 1. The maximum Gasteiger partial charge on any atom is 0.284 e. The third-order valence-corrected chi connectivity index (χ3v) is 3.43. The Balaban J connectivity index is 1.64. The van der Waals surface area contributed by atoms with E-state index in [0.29, 0.717) is 5.82 Å². The molecule has 0 aliphatic heterocycles. The Morgan fingerprint density at radius 2 is 1.61 bits per heavy atom. The minimum absolute atomic E-state index is 0.0838. The van der Waals surface area contributed by atoms with Crippen LogP contribution >= 0.6 is 12.2 Å². The van der Waals surface area contributed by atoms with Crippen LogP contribution in [0.2, 0.25) is 0 Å². The van der Waals surface area contributed by atoms with Crippen LogP contribution in [0.3, 0.4) is 0 Å². The number of hydrogen-bond donors (Lipinski definition) is 3. The van der Waals surface area contributed by atoms with Crippen LogP contribution in [0.5, 0.6) is 0 Å². The third-order valence-electron chi connectivity index (χ3n) is 3.14. The Morgan fingerprint density at radius 1 is 0.957 bits per heavy atom. The highest BCUT2D eigenvalue weighted by molar-refractivity contribution is 7.82. The van der Waals surface area contributed by atoms with Gasteiger partial charge in [0.1, 0.15) is 0 Å². The lowest BCUT2D eigenvalue weighted by molar-refractivity contribution is -0.110. The number of thiocarbonyl (C=S) groups is 1. The predicted molar refractivity (Wildman–Crippen MR) is 95.3 cm³/mol. The quantitative estimate of drug-likeness (QED) is 0.646. The molecule has 3 aromatic rings. The molecule has 1 amide bonds. The molecular formula is C17H14N4OS. The molecule has 0 spiro atoms. The molecule has 1 heterocycles. The molecule has 0 saturated heterocycles. The predicted octanol–water partition coefficient (Wildman–Crippen LogP) is 3.45. The van der Waals surface area contributed by atoms with Crippen molar-refractivity contribution in [3.8, 4) is 11.3 Å². The number of hydrogen-bond acceptors (Lipinski definition) is 3. The van der Waals surface area contributed by atoms with E-state index < -0.39 is 5.91 Å². The van der Waals surface area contributed by atoms with Crippen molar-refractivity contribution in [3.63, 3.8) is 0 Å². The molecule has 114 valence electrons. The second-order valence-corrected chi connectivity index (χ2v) is 5.22. The van der Waals surface area contributed by atoms with Gasteiger partial charge in [-0.15, -0.1) is 0 Å². The maximum atomic E-state index is 12.1. The Morgan fingerprint density at radius 3 is 2.30 bits per heavy atom. The number of para-hydroxylation sites is 1. The van der Waals surface area contributed by atoms with Crippen LogP contribution in [-0.2, 0) is 4.79 Å². The van der Waals surface area contributed by atoms with E-state index in [0.717, 1.165) is 16.9 Å². The van der Waals surface area contributed by atoms with Gasteiger partial charge in [0, 0.05) is 11.8 Å². The first-order chi connectivity index (χ1) is 11.2. The van der Waals surface area contributed by atoms with Crippen LogP contribution in [0.1, 0.15) is 0 Å². The Bertz CT molecular complexity index is 815. The molecule has 0 saturated carbocycles. The van der Waals surface area contributed by atoms with Gasteiger partial charge in [0.15, 0.2) is 10.8 Å². The second kappa shape index (κ2) is 6.85. The number of nitrogens with one attached hydrogen (secondary N) is 3.